The molecule has 0 radical (unpaired) electrons. The highest BCUT2D eigenvalue weighted by atomic mass is 16.2. The Labute approximate surface area is 92.6 Å². The molecule has 0 aliphatic carbocycles. The first kappa shape index (κ1) is 12.5. The molecule has 0 bridgehead atoms. The topological polar surface area (TPSA) is 35.6 Å². The van der Waals surface area contributed by atoms with Crippen LogP contribution in [0.25, 0.3) is 0 Å². The minimum Gasteiger partial charge on any atom is -0.339 e. The number of carbonyl (C=O) groups excluding carboxylic acids is 1. The summed E-state index contributed by atoms with van der Waals surface area (Å²) in [5.74, 6) is 0.236. The van der Waals surface area contributed by atoms with Crippen molar-refractivity contribution < 1.29 is 4.79 Å². The summed E-state index contributed by atoms with van der Waals surface area (Å²) in [5.41, 5.74) is 0. The number of rotatable bonds is 4. The van der Waals surface area contributed by atoms with Crippen LogP contribution in [0.15, 0.2) is 0 Å². The summed E-state index contributed by atoms with van der Waals surface area (Å²) in [7, 11) is 0. The van der Waals surface area contributed by atoms with Gasteiger partial charge in [0, 0.05) is 32.2 Å². The SMILES string of the molecule is CCN1CCN(C(=O)CNC(C)C)CC1. The summed E-state index contributed by atoms with van der Waals surface area (Å²) < 4.78 is 0. The van der Waals surface area contributed by atoms with E-state index in [1.165, 1.54) is 0 Å². The maximum Gasteiger partial charge on any atom is 0.236 e. The molecule has 1 amide bonds. The quantitative estimate of drug-likeness (QED) is 0.722. The Morgan fingerprint density at radius 1 is 1.27 bits per heavy atom. The number of carbonyl (C=O) groups is 1. The number of amides is 1. The van der Waals surface area contributed by atoms with Crippen molar-refractivity contribution >= 4 is 5.91 Å². The maximum atomic E-state index is 11.7. The molecule has 1 heterocycles. The molecule has 4 heteroatoms. The van der Waals surface area contributed by atoms with Gasteiger partial charge in [-0.15, -0.1) is 0 Å². The Hall–Kier alpha value is -0.610. The van der Waals surface area contributed by atoms with Crippen molar-refractivity contribution in [2.75, 3.05) is 39.3 Å². The molecular weight excluding hydrogens is 190 g/mol. The first-order chi connectivity index (χ1) is 7.13. The van der Waals surface area contributed by atoms with Crippen LogP contribution in [0.2, 0.25) is 0 Å². The fraction of sp³-hybridized carbons (Fsp3) is 0.909. The van der Waals surface area contributed by atoms with E-state index in [0.29, 0.717) is 12.6 Å². The summed E-state index contributed by atoms with van der Waals surface area (Å²) in [6.07, 6.45) is 0. The molecule has 1 fully saturated rings. The van der Waals surface area contributed by atoms with Crippen LogP contribution in [0.4, 0.5) is 0 Å². The Balaban J connectivity index is 2.24. The molecule has 1 rings (SSSR count). The van der Waals surface area contributed by atoms with E-state index in [4.69, 9.17) is 0 Å². The minimum absolute atomic E-state index is 0.236. The van der Waals surface area contributed by atoms with Crippen LogP contribution in [-0.2, 0) is 4.79 Å². The van der Waals surface area contributed by atoms with Crippen LogP contribution < -0.4 is 5.32 Å². The smallest absolute Gasteiger partial charge is 0.236 e. The van der Waals surface area contributed by atoms with Crippen molar-refractivity contribution in [1.82, 2.24) is 15.1 Å². The number of nitrogens with one attached hydrogen (secondary N) is 1. The van der Waals surface area contributed by atoms with Crippen LogP contribution in [0.1, 0.15) is 20.8 Å². The molecular formula is C11H23N3O. The van der Waals surface area contributed by atoms with Crippen molar-refractivity contribution in [3.05, 3.63) is 0 Å². The molecule has 0 atom stereocenters. The summed E-state index contributed by atoms with van der Waals surface area (Å²) in [6.45, 7) is 11.6. The van der Waals surface area contributed by atoms with Gasteiger partial charge in [0.15, 0.2) is 0 Å². The third-order valence-electron chi connectivity index (χ3n) is 2.83. The van der Waals surface area contributed by atoms with E-state index in [1.807, 2.05) is 4.90 Å². The van der Waals surface area contributed by atoms with Crippen LogP contribution in [0.3, 0.4) is 0 Å². The molecule has 15 heavy (non-hydrogen) atoms. The predicted octanol–water partition coefficient (Wildman–Crippen LogP) is 0.149. The molecule has 1 aliphatic rings. The zero-order chi connectivity index (χ0) is 11.3. The normalized spacial score (nSPS) is 18.5. The second kappa shape index (κ2) is 6.08. The number of likely N-dealkylation sites (N-methyl/N-ethyl adjacent to an activating group) is 1. The first-order valence-electron chi connectivity index (χ1n) is 5.87. The van der Waals surface area contributed by atoms with E-state index >= 15 is 0 Å². The summed E-state index contributed by atoms with van der Waals surface area (Å²) in [4.78, 5) is 16.1. The van der Waals surface area contributed by atoms with Gasteiger partial charge < -0.3 is 15.1 Å². The Bertz CT molecular complexity index is 198. The Morgan fingerprint density at radius 2 is 1.87 bits per heavy atom. The second-order valence-corrected chi connectivity index (χ2v) is 4.35. The van der Waals surface area contributed by atoms with Crippen LogP contribution in [0.5, 0.6) is 0 Å². The monoisotopic (exact) mass is 213 g/mol. The molecule has 4 nitrogen and oxygen atoms in total. The lowest BCUT2D eigenvalue weighted by Crippen LogP contribution is -2.51. The molecule has 0 spiro atoms. The van der Waals surface area contributed by atoms with E-state index in [2.05, 4.69) is 31.0 Å². The summed E-state index contributed by atoms with van der Waals surface area (Å²) >= 11 is 0. The number of piperazine rings is 1. The highest BCUT2D eigenvalue weighted by Gasteiger charge is 2.19. The maximum absolute atomic E-state index is 11.7. The van der Waals surface area contributed by atoms with Crippen molar-refractivity contribution in [2.24, 2.45) is 0 Å². The third kappa shape index (κ3) is 4.18. The average molecular weight is 213 g/mol. The number of hydrogen-bond donors (Lipinski definition) is 1. The van der Waals surface area contributed by atoms with Gasteiger partial charge >= 0.3 is 0 Å². The molecule has 0 aromatic carbocycles. The molecule has 1 N–H and O–H groups in total. The molecule has 0 aromatic rings. The van der Waals surface area contributed by atoms with Gasteiger partial charge in [-0.05, 0) is 6.54 Å². The fourth-order valence-corrected chi connectivity index (χ4v) is 1.72. The van der Waals surface area contributed by atoms with E-state index in [1.54, 1.807) is 0 Å². The van der Waals surface area contributed by atoms with E-state index in [0.717, 1.165) is 32.7 Å². The molecule has 1 saturated heterocycles. The van der Waals surface area contributed by atoms with E-state index < -0.39 is 0 Å². The number of hydrogen-bond acceptors (Lipinski definition) is 3. The standard InChI is InChI=1S/C11H23N3O/c1-4-13-5-7-14(8-6-13)11(15)9-12-10(2)3/h10,12H,4-9H2,1-3H3. The molecule has 0 unspecified atom stereocenters. The Kier molecular flexibility index (Phi) is 5.05. The van der Waals surface area contributed by atoms with E-state index in [-0.39, 0.29) is 5.91 Å². The van der Waals surface area contributed by atoms with Crippen molar-refractivity contribution in [2.45, 2.75) is 26.8 Å². The van der Waals surface area contributed by atoms with Crippen molar-refractivity contribution in [1.29, 1.82) is 0 Å². The average Bonchev–Trinajstić information content (AvgIpc) is 2.26. The highest BCUT2D eigenvalue weighted by Crippen LogP contribution is 2.01. The first-order valence-corrected chi connectivity index (χ1v) is 5.87. The zero-order valence-corrected chi connectivity index (χ0v) is 10.1. The van der Waals surface area contributed by atoms with Gasteiger partial charge in [0.1, 0.15) is 0 Å². The predicted molar refractivity (Wildman–Crippen MR) is 61.8 cm³/mol. The summed E-state index contributed by atoms with van der Waals surface area (Å²) in [6, 6.07) is 0.380. The van der Waals surface area contributed by atoms with Crippen LogP contribution in [-0.4, -0.2) is 61.0 Å². The molecule has 88 valence electrons. The van der Waals surface area contributed by atoms with Gasteiger partial charge in [-0.1, -0.05) is 20.8 Å². The Morgan fingerprint density at radius 3 is 2.33 bits per heavy atom. The van der Waals surface area contributed by atoms with Gasteiger partial charge in [-0.2, -0.15) is 0 Å². The van der Waals surface area contributed by atoms with E-state index in [9.17, 15) is 4.79 Å². The number of nitrogens with zero attached hydrogens (tertiary/aromatic N) is 2. The van der Waals surface area contributed by atoms with Crippen molar-refractivity contribution in [3.63, 3.8) is 0 Å². The van der Waals surface area contributed by atoms with Crippen LogP contribution >= 0.6 is 0 Å². The van der Waals surface area contributed by atoms with Gasteiger partial charge in [0.2, 0.25) is 5.91 Å². The second-order valence-electron chi connectivity index (χ2n) is 4.35. The van der Waals surface area contributed by atoms with Crippen molar-refractivity contribution in [3.8, 4) is 0 Å². The largest absolute Gasteiger partial charge is 0.339 e. The van der Waals surface area contributed by atoms with Gasteiger partial charge in [-0.3, -0.25) is 4.79 Å². The lowest BCUT2D eigenvalue weighted by molar-refractivity contribution is -0.132. The third-order valence-corrected chi connectivity index (χ3v) is 2.83. The highest BCUT2D eigenvalue weighted by molar-refractivity contribution is 5.78. The lowest BCUT2D eigenvalue weighted by atomic mass is 10.3. The van der Waals surface area contributed by atoms with Gasteiger partial charge in [-0.25, -0.2) is 0 Å². The molecule has 1 aliphatic heterocycles. The van der Waals surface area contributed by atoms with Gasteiger partial charge in [0.25, 0.3) is 0 Å². The molecule has 0 aromatic heterocycles. The lowest BCUT2D eigenvalue weighted by Gasteiger charge is -2.34. The molecule has 0 saturated carbocycles. The fourth-order valence-electron chi connectivity index (χ4n) is 1.72. The van der Waals surface area contributed by atoms with Gasteiger partial charge in [0.05, 0.1) is 6.54 Å². The minimum atomic E-state index is 0.236. The summed E-state index contributed by atoms with van der Waals surface area (Å²) in [5, 5.41) is 3.16. The zero-order valence-electron chi connectivity index (χ0n) is 10.1. The van der Waals surface area contributed by atoms with Crippen LogP contribution in [0, 0.1) is 0 Å².